The van der Waals surface area contributed by atoms with E-state index >= 15 is 0 Å². The molecule has 4 heteroatoms. The average molecular weight is 243 g/mol. The van der Waals surface area contributed by atoms with E-state index < -0.39 is 0 Å². The van der Waals surface area contributed by atoms with Gasteiger partial charge >= 0.3 is 0 Å². The van der Waals surface area contributed by atoms with E-state index in [0.717, 1.165) is 35.7 Å². The van der Waals surface area contributed by atoms with Crippen LogP contribution in [0.3, 0.4) is 0 Å². The highest BCUT2D eigenvalue weighted by atomic mass is 79.9. The van der Waals surface area contributed by atoms with Gasteiger partial charge in [-0.2, -0.15) is 5.10 Å². The van der Waals surface area contributed by atoms with Gasteiger partial charge in [0, 0.05) is 25.1 Å². The summed E-state index contributed by atoms with van der Waals surface area (Å²) >= 11 is 3.43. The zero-order chi connectivity index (χ0) is 9.47. The number of hydrogen-bond donors (Lipinski definition) is 0. The quantitative estimate of drug-likeness (QED) is 0.757. The zero-order valence-electron chi connectivity index (χ0n) is 7.46. The van der Waals surface area contributed by atoms with Crippen LogP contribution in [0.4, 0.5) is 0 Å². The molecule has 0 aromatic carbocycles. The summed E-state index contributed by atoms with van der Waals surface area (Å²) in [7, 11) is 1.88. The first-order valence-electron chi connectivity index (χ1n) is 4.30. The molecule has 0 spiro atoms. The van der Waals surface area contributed by atoms with Gasteiger partial charge in [-0.3, -0.25) is 4.68 Å². The minimum Gasteiger partial charge on any atom is -0.303 e. The third kappa shape index (κ3) is 1.68. The summed E-state index contributed by atoms with van der Waals surface area (Å²) < 4.78 is 2.77. The monoisotopic (exact) mass is 242 g/mol. The molecule has 1 aromatic rings. The van der Waals surface area contributed by atoms with E-state index in [2.05, 4.69) is 21.0 Å². The van der Waals surface area contributed by atoms with Gasteiger partial charge in [0.15, 0.2) is 0 Å². The van der Waals surface area contributed by atoms with Gasteiger partial charge in [0.2, 0.25) is 0 Å². The molecule has 1 aliphatic carbocycles. The fourth-order valence-electron chi connectivity index (χ4n) is 1.46. The minimum absolute atomic E-state index is 0.0864. The lowest BCUT2D eigenvalue weighted by Crippen LogP contribution is -2.07. The molecule has 0 N–H and O–H groups in total. The molecular formula is C9H11BrN2O. The smallest absolute Gasteiger partial charge is 0.126 e. The number of aldehydes is 1. The first kappa shape index (κ1) is 8.94. The SMILES string of the molecule is Cn1cc(Br)c(CC2(C=O)CC2)n1. The van der Waals surface area contributed by atoms with Gasteiger partial charge in [-0.25, -0.2) is 0 Å². The van der Waals surface area contributed by atoms with Crippen molar-refractivity contribution in [3.8, 4) is 0 Å². The van der Waals surface area contributed by atoms with E-state index in [1.807, 2.05) is 13.2 Å². The molecular weight excluding hydrogens is 232 g/mol. The Balaban J connectivity index is 2.18. The van der Waals surface area contributed by atoms with Crippen molar-refractivity contribution in [3.63, 3.8) is 0 Å². The van der Waals surface area contributed by atoms with Gasteiger partial charge in [-0.05, 0) is 28.8 Å². The van der Waals surface area contributed by atoms with Crippen LogP contribution in [0.15, 0.2) is 10.7 Å². The molecule has 3 nitrogen and oxygen atoms in total. The second-order valence-corrected chi connectivity index (χ2v) is 4.61. The van der Waals surface area contributed by atoms with Crippen LogP contribution in [0.25, 0.3) is 0 Å². The second-order valence-electron chi connectivity index (χ2n) is 3.75. The van der Waals surface area contributed by atoms with Gasteiger partial charge < -0.3 is 4.79 Å². The Morgan fingerprint density at radius 2 is 2.46 bits per heavy atom. The van der Waals surface area contributed by atoms with Crippen LogP contribution in [0.1, 0.15) is 18.5 Å². The van der Waals surface area contributed by atoms with Crippen LogP contribution in [0, 0.1) is 5.41 Å². The summed E-state index contributed by atoms with van der Waals surface area (Å²) in [5, 5.41) is 4.29. The topological polar surface area (TPSA) is 34.9 Å². The van der Waals surface area contributed by atoms with Crippen molar-refractivity contribution in [1.82, 2.24) is 9.78 Å². The summed E-state index contributed by atoms with van der Waals surface area (Å²) in [6, 6.07) is 0. The largest absolute Gasteiger partial charge is 0.303 e. The average Bonchev–Trinajstić information content (AvgIpc) is 2.77. The molecule has 13 heavy (non-hydrogen) atoms. The lowest BCUT2D eigenvalue weighted by Gasteiger charge is -2.03. The fraction of sp³-hybridized carbons (Fsp3) is 0.556. The predicted octanol–water partition coefficient (Wildman–Crippen LogP) is 1.70. The molecule has 0 amide bonds. The van der Waals surface area contributed by atoms with Gasteiger partial charge in [0.1, 0.15) is 6.29 Å². The van der Waals surface area contributed by atoms with Crippen molar-refractivity contribution in [1.29, 1.82) is 0 Å². The normalized spacial score (nSPS) is 18.6. The summed E-state index contributed by atoms with van der Waals surface area (Å²) in [4.78, 5) is 10.8. The van der Waals surface area contributed by atoms with Crippen molar-refractivity contribution >= 4 is 22.2 Å². The number of halogens is 1. The first-order chi connectivity index (χ1) is 6.15. The molecule has 1 heterocycles. The van der Waals surface area contributed by atoms with Crippen LogP contribution in [0.2, 0.25) is 0 Å². The van der Waals surface area contributed by atoms with E-state index in [9.17, 15) is 4.79 Å². The molecule has 1 aromatic heterocycles. The number of aromatic nitrogens is 2. The molecule has 1 aliphatic rings. The Kier molecular flexibility index (Phi) is 2.02. The summed E-state index contributed by atoms with van der Waals surface area (Å²) in [6.07, 6.45) is 5.79. The summed E-state index contributed by atoms with van der Waals surface area (Å²) in [6.45, 7) is 0. The molecule has 70 valence electrons. The minimum atomic E-state index is -0.0864. The van der Waals surface area contributed by atoms with E-state index in [0.29, 0.717) is 0 Å². The molecule has 0 saturated heterocycles. The molecule has 0 atom stereocenters. The van der Waals surface area contributed by atoms with Gasteiger partial charge in [0.05, 0.1) is 10.2 Å². The Morgan fingerprint density at radius 1 is 1.77 bits per heavy atom. The predicted molar refractivity (Wildman–Crippen MR) is 52.3 cm³/mol. The van der Waals surface area contributed by atoms with Crippen LogP contribution >= 0.6 is 15.9 Å². The van der Waals surface area contributed by atoms with Gasteiger partial charge in [-0.15, -0.1) is 0 Å². The highest BCUT2D eigenvalue weighted by Gasteiger charge is 2.43. The molecule has 2 rings (SSSR count). The molecule has 1 saturated carbocycles. The number of carbonyl (C=O) groups is 1. The molecule has 0 radical (unpaired) electrons. The van der Waals surface area contributed by atoms with Crippen molar-refractivity contribution in [2.45, 2.75) is 19.3 Å². The number of nitrogens with zero attached hydrogens (tertiary/aromatic N) is 2. The number of carbonyl (C=O) groups excluding carboxylic acids is 1. The molecule has 0 unspecified atom stereocenters. The third-order valence-electron chi connectivity index (χ3n) is 2.52. The van der Waals surface area contributed by atoms with Crippen LogP contribution in [0.5, 0.6) is 0 Å². The van der Waals surface area contributed by atoms with E-state index in [-0.39, 0.29) is 5.41 Å². The Hall–Kier alpha value is -0.640. The summed E-state index contributed by atoms with van der Waals surface area (Å²) in [5.41, 5.74) is 0.906. The Bertz CT molecular complexity index is 341. The van der Waals surface area contributed by atoms with Crippen LogP contribution in [-0.2, 0) is 18.3 Å². The van der Waals surface area contributed by atoms with Gasteiger partial charge in [0.25, 0.3) is 0 Å². The maximum atomic E-state index is 10.8. The first-order valence-corrected chi connectivity index (χ1v) is 5.09. The number of hydrogen-bond acceptors (Lipinski definition) is 2. The van der Waals surface area contributed by atoms with Crippen molar-refractivity contribution in [2.75, 3.05) is 0 Å². The lowest BCUT2D eigenvalue weighted by molar-refractivity contribution is -0.112. The molecule has 0 bridgehead atoms. The van der Waals surface area contributed by atoms with Crippen LogP contribution in [-0.4, -0.2) is 16.1 Å². The molecule has 1 fully saturated rings. The maximum absolute atomic E-state index is 10.8. The third-order valence-corrected chi connectivity index (χ3v) is 3.18. The molecule has 0 aliphatic heterocycles. The van der Waals surface area contributed by atoms with Crippen molar-refractivity contribution in [2.24, 2.45) is 12.5 Å². The van der Waals surface area contributed by atoms with Crippen LogP contribution < -0.4 is 0 Å². The maximum Gasteiger partial charge on any atom is 0.126 e. The van der Waals surface area contributed by atoms with E-state index in [4.69, 9.17) is 0 Å². The van der Waals surface area contributed by atoms with Crippen molar-refractivity contribution < 1.29 is 4.79 Å². The number of rotatable bonds is 3. The fourth-order valence-corrected chi connectivity index (χ4v) is 1.97. The summed E-state index contributed by atoms with van der Waals surface area (Å²) in [5.74, 6) is 0. The highest BCUT2D eigenvalue weighted by Crippen LogP contribution is 2.46. The zero-order valence-corrected chi connectivity index (χ0v) is 9.04. The highest BCUT2D eigenvalue weighted by molar-refractivity contribution is 9.10. The Morgan fingerprint density at radius 3 is 2.85 bits per heavy atom. The van der Waals surface area contributed by atoms with E-state index in [1.54, 1.807) is 4.68 Å². The Labute approximate surface area is 85.3 Å². The van der Waals surface area contributed by atoms with E-state index in [1.165, 1.54) is 0 Å². The number of aryl methyl sites for hydroxylation is 1. The van der Waals surface area contributed by atoms with Gasteiger partial charge in [-0.1, -0.05) is 0 Å². The van der Waals surface area contributed by atoms with Crippen molar-refractivity contribution in [3.05, 3.63) is 16.4 Å². The second kappa shape index (κ2) is 2.94. The standard InChI is InChI=1S/C9H11BrN2O/c1-12-5-7(10)8(11-12)4-9(6-13)2-3-9/h5-6H,2-4H2,1H3. The lowest BCUT2D eigenvalue weighted by atomic mass is 10.0.